The lowest BCUT2D eigenvalue weighted by Gasteiger charge is -2.21. The molecule has 114 valence electrons. The van der Waals surface area contributed by atoms with Crippen LogP contribution in [-0.4, -0.2) is 12.6 Å². The number of carbonyl (C=O) groups excluding carboxylic acids is 1. The molecule has 4 atom stereocenters. The number of nitrogens with one attached hydrogen (secondary N) is 2. The van der Waals surface area contributed by atoms with Crippen LogP contribution in [0.4, 0.5) is 10.5 Å². The van der Waals surface area contributed by atoms with Crippen molar-refractivity contribution in [3.05, 3.63) is 29.8 Å². The highest BCUT2D eigenvalue weighted by Gasteiger charge is 2.39. The topological polar surface area (TPSA) is 67.1 Å². The maximum Gasteiger partial charge on any atom is 0.319 e. The summed E-state index contributed by atoms with van der Waals surface area (Å²) in [7, 11) is 0. The van der Waals surface area contributed by atoms with E-state index < -0.39 is 0 Å². The van der Waals surface area contributed by atoms with Crippen LogP contribution in [-0.2, 0) is 0 Å². The van der Waals surface area contributed by atoms with Crippen molar-refractivity contribution in [1.29, 1.82) is 0 Å². The highest BCUT2D eigenvalue weighted by molar-refractivity contribution is 5.89. The van der Waals surface area contributed by atoms with Crippen LogP contribution in [0.3, 0.4) is 0 Å². The Labute approximate surface area is 126 Å². The Morgan fingerprint density at radius 2 is 2.05 bits per heavy atom. The number of urea groups is 1. The van der Waals surface area contributed by atoms with Gasteiger partial charge in [0.1, 0.15) is 0 Å². The molecular formula is C17H25N3O. The Morgan fingerprint density at radius 3 is 2.62 bits per heavy atom. The van der Waals surface area contributed by atoms with Crippen LogP contribution in [0.1, 0.15) is 44.2 Å². The maximum absolute atomic E-state index is 11.9. The van der Waals surface area contributed by atoms with Gasteiger partial charge in [0.2, 0.25) is 0 Å². The standard InChI is InChI=1S/C17H25N3O/c1-11(18)13-4-6-16(7-5-13)20-17(21)19-10-15-9-12-2-3-14(15)8-12/h4-7,11-12,14-15H,2-3,8-10,18H2,1H3,(H2,19,20,21). The third-order valence-corrected chi connectivity index (χ3v) is 5.10. The highest BCUT2D eigenvalue weighted by Crippen LogP contribution is 2.47. The van der Waals surface area contributed by atoms with Gasteiger partial charge in [0.05, 0.1) is 0 Å². The van der Waals surface area contributed by atoms with Gasteiger partial charge in [-0.3, -0.25) is 0 Å². The van der Waals surface area contributed by atoms with E-state index in [9.17, 15) is 4.79 Å². The molecule has 4 nitrogen and oxygen atoms in total. The molecule has 21 heavy (non-hydrogen) atoms. The van der Waals surface area contributed by atoms with Crippen LogP contribution in [0, 0.1) is 17.8 Å². The predicted octanol–water partition coefficient (Wildman–Crippen LogP) is 3.26. The number of nitrogens with two attached hydrogens (primary N) is 1. The Hall–Kier alpha value is -1.55. The Balaban J connectivity index is 1.45. The van der Waals surface area contributed by atoms with E-state index >= 15 is 0 Å². The van der Waals surface area contributed by atoms with Gasteiger partial charge in [-0.1, -0.05) is 18.6 Å². The van der Waals surface area contributed by atoms with E-state index in [1.165, 1.54) is 25.7 Å². The summed E-state index contributed by atoms with van der Waals surface area (Å²) in [5.74, 6) is 2.46. The lowest BCUT2D eigenvalue weighted by Crippen LogP contribution is -2.34. The summed E-state index contributed by atoms with van der Waals surface area (Å²) in [4.78, 5) is 11.9. The zero-order valence-electron chi connectivity index (χ0n) is 12.6. The van der Waals surface area contributed by atoms with Gasteiger partial charge in [-0.2, -0.15) is 0 Å². The zero-order valence-corrected chi connectivity index (χ0v) is 12.6. The number of fused-ring (bicyclic) bond motifs is 2. The van der Waals surface area contributed by atoms with E-state index in [1.54, 1.807) is 0 Å². The van der Waals surface area contributed by atoms with Gasteiger partial charge in [0.15, 0.2) is 0 Å². The summed E-state index contributed by atoms with van der Waals surface area (Å²) in [5, 5.41) is 5.91. The molecular weight excluding hydrogens is 262 g/mol. The van der Waals surface area contributed by atoms with Gasteiger partial charge in [-0.05, 0) is 61.6 Å². The molecule has 2 bridgehead atoms. The van der Waals surface area contributed by atoms with Crippen LogP contribution in [0.25, 0.3) is 0 Å². The van der Waals surface area contributed by atoms with Gasteiger partial charge in [0.25, 0.3) is 0 Å². The van der Waals surface area contributed by atoms with Gasteiger partial charge < -0.3 is 16.4 Å². The Morgan fingerprint density at radius 1 is 1.29 bits per heavy atom. The molecule has 4 N–H and O–H groups in total. The minimum atomic E-state index is -0.105. The first kappa shape index (κ1) is 14.4. The van der Waals surface area contributed by atoms with Crippen molar-refractivity contribution in [3.8, 4) is 0 Å². The fourth-order valence-electron chi connectivity index (χ4n) is 3.90. The van der Waals surface area contributed by atoms with Crippen LogP contribution in [0.5, 0.6) is 0 Å². The fourth-order valence-corrected chi connectivity index (χ4v) is 3.90. The van der Waals surface area contributed by atoms with E-state index in [1.807, 2.05) is 31.2 Å². The molecule has 0 aliphatic heterocycles. The van der Waals surface area contributed by atoms with Gasteiger partial charge >= 0.3 is 6.03 Å². The van der Waals surface area contributed by atoms with Gasteiger partial charge in [0, 0.05) is 18.3 Å². The molecule has 2 amide bonds. The number of benzene rings is 1. The summed E-state index contributed by atoms with van der Waals surface area (Å²) in [6.45, 7) is 2.76. The second-order valence-corrected chi connectivity index (χ2v) is 6.68. The molecule has 2 aliphatic rings. The van der Waals surface area contributed by atoms with Crippen molar-refractivity contribution in [1.82, 2.24) is 5.32 Å². The van der Waals surface area contributed by atoms with Crippen molar-refractivity contribution in [2.24, 2.45) is 23.5 Å². The molecule has 2 aliphatic carbocycles. The molecule has 4 unspecified atom stereocenters. The highest BCUT2D eigenvalue weighted by atomic mass is 16.2. The van der Waals surface area contributed by atoms with E-state index in [4.69, 9.17) is 5.73 Å². The molecule has 0 spiro atoms. The average molecular weight is 287 g/mol. The molecule has 2 fully saturated rings. The lowest BCUT2D eigenvalue weighted by atomic mass is 9.89. The normalized spacial score (nSPS) is 28.4. The third kappa shape index (κ3) is 3.38. The number of carbonyl (C=O) groups is 1. The predicted molar refractivity (Wildman–Crippen MR) is 85.0 cm³/mol. The summed E-state index contributed by atoms with van der Waals surface area (Å²) in [5.41, 5.74) is 7.69. The number of amides is 2. The Bertz CT molecular complexity index is 497. The van der Waals surface area contributed by atoms with Crippen molar-refractivity contribution in [2.75, 3.05) is 11.9 Å². The van der Waals surface area contributed by atoms with Gasteiger partial charge in [-0.25, -0.2) is 4.79 Å². The molecule has 0 aromatic heterocycles. The molecule has 3 rings (SSSR count). The fraction of sp³-hybridized carbons (Fsp3) is 0.588. The first-order valence-electron chi connectivity index (χ1n) is 8.02. The number of anilines is 1. The SMILES string of the molecule is CC(N)c1ccc(NC(=O)NCC2CC3CCC2C3)cc1. The first-order chi connectivity index (χ1) is 10.1. The summed E-state index contributed by atoms with van der Waals surface area (Å²) < 4.78 is 0. The second kappa shape index (κ2) is 6.06. The average Bonchev–Trinajstić information content (AvgIpc) is 3.08. The number of hydrogen-bond donors (Lipinski definition) is 3. The molecule has 1 aromatic rings. The Kier molecular flexibility index (Phi) is 4.15. The molecule has 1 aromatic carbocycles. The molecule has 0 saturated heterocycles. The van der Waals surface area contributed by atoms with Crippen LogP contribution >= 0.6 is 0 Å². The summed E-state index contributed by atoms with van der Waals surface area (Å²) in [6, 6.07) is 7.62. The molecule has 4 heteroatoms. The summed E-state index contributed by atoms with van der Waals surface area (Å²) in [6.07, 6.45) is 5.44. The van der Waals surface area contributed by atoms with Crippen molar-refractivity contribution >= 4 is 11.7 Å². The summed E-state index contributed by atoms with van der Waals surface area (Å²) >= 11 is 0. The molecule has 0 radical (unpaired) electrons. The zero-order chi connectivity index (χ0) is 14.8. The smallest absolute Gasteiger partial charge is 0.319 e. The van der Waals surface area contributed by atoms with Crippen molar-refractivity contribution < 1.29 is 4.79 Å². The monoisotopic (exact) mass is 287 g/mol. The molecule has 0 heterocycles. The largest absolute Gasteiger partial charge is 0.338 e. The number of rotatable bonds is 4. The minimum Gasteiger partial charge on any atom is -0.338 e. The third-order valence-electron chi connectivity index (χ3n) is 5.10. The van der Waals surface area contributed by atoms with E-state index in [2.05, 4.69) is 10.6 Å². The van der Waals surface area contributed by atoms with Crippen LogP contribution < -0.4 is 16.4 Å². The van der Waals surface area contributed by atoms with Crippen LogP contribution in [0.2, 0.25) is 0 Å². The first-order valence-corrected chi connectivity index (χ1v) is 8.02. The number of hydrogen-bond acceptors (Lipinski definition) is 2. The molecule has 2 saturated carbocycles. The van der Waals surface area contributed by atoms with E-state index in [-0.39, 0.29) is 12.1 Å². The van der Waals surface area contributed by atoms with Gasteiger partial charge in [-0.15, -0.1) is 0 Å². The quantitative estimate of drug-likeness (QED) is 0.795. The van der Waals surface area contributed by atoms with Crippen molar-refractivity contribution in [2.45, 2.75) is 38.6 Å². The van der Waals surface area contributed by atoms with E-state index in [0.717, 1.165) is 29.6 Å². The lowest BCUT2D eigenvalue weighted by molar-refractivity contribution is 0.245. The second-order valence-electron chi connectivity index (χ2n) is 6.68. The van der Waals surface area contributed by atoms with Crippen LogP contribution in [0.15, 0.2) is 24.3 Å². The minimum absolute atomic E-state index is 0.0191. The van der Waals surface area contributed by atoms with Crippen molar-refractivity contribution in [3.63, 3.8) is 0 Å². The maximum atomic E-state index is 11.9. The van der Waals surface area contributed by atoms with E-state index in [0.29, 0.717) is 5.92 Å².